The molecule has 1 atom stereocenters. The van der Waals surface area contributed by atoms with Crippen molar-refractivity contribution >= 4 is 34.5 Å². The number of para-hydroxylation sites is 1. The van der Waals surface area contributed by atoms with Crippen LogP contribution in [0.5, 0.6) is 0 Å². The molecule has 4 heterocycles. The van der Waals surface area contributed by atoms with Crippen LogP contribution >= 0.6 is 0 Å². The van der Waals surface area contributed by atoms with Gasteiger partial charge < -0.3 is 9.47 Å². The maximum Gasteiger partial charge on any atom is 0.278 e. The average Bonchev–Trinajstić information content (AvgIpc) is 3.23. The highest BCUT2D eigenvalue weighted by molar-refractivity contribution is 5.87. The molecule has 1 unspecified atom stereocenters. The predicted molar refractivity (Wildman–Crippen MR) is 147 cm³/mol. The van der Waals surface area contributed by atoms with Crippen LogP contribution < -0.4 is 10.5 Å². The van der Waals surface area contributed by atoms with Crippen LogP contribution in [0.1, 0.15) is 30.9 Å². The molecule has 1 saturated heterocycles. The number of pyridine rings is 1. The zero-order valence-electron chi connectivity index (χ0n) is 20.7. The normalized spacial score (nSPS) is 15.6. The Morgan fingerprint density at radius 1 is 1.25 bits per heavy atom. The largest absolute Gasteiger partial charge is 0.357 e. The van der Waals surface area contributed by atoms with Crippen molar-refractivity contribution in [1.82, 2.24) is 19.1 Å². The number of fused-ring (bicyclic) bond motifs is 2. The Morgan fingerprint density at radius 2 is 2.11 bits per heavy atom. The first kappa shape index (κ1) is 23.6. The number of rotatable bonds is 7. The molecule has 1 aromatic carbocycles. The van der Waals surface area contributed by atoms with Crippen LogP contribution in [-0.4, -0.2) is 38.9 Å². The lowest BCUT2D eigenvalue weighted by atomic mass is 9.98. The van der Waals surface area contributed by atoms with Crippen molar-refractivity contribution in [2.45, 2.75) is 39.4 Å². The van der Waals surface area contributed by atoms with Crippen molar-refractivity contribution in [3.63, 3.8) is 0 Å². The molecule has 0 amide bonds. The molecule has 0 radical (unpaired) electrons. The number of nitrogens with zero attached hydrogens (tertiary/aromatic N) is 6. The third kappa shape index (κ3) is 4.20. The monoisotopic (exact) mass is 478 g/mol. The van der Waals surface area contributed by atoms with E-state index < -0.39 is 0 Å². The van der Waals surface area contributed by atoms with E-state index in [0.717, 1.165) is 53.8 Å². The molecule has 0 aliphatic carbocycles. The summed E-state index contributed by atoms with van der Waals surface area (Å²) in [4.78, 5) is 29.8. The minimum Gasteiger partial charge on any atom is -0.357 e. The van der Waals surface area contributed by atoms with Crippen molar-refractivity contribution < 1.29 is 0 Å². The summed E-state index contributed by atoms with van der Waals surface area (Å²) >= 11 is 0. The Hall–Kier alpha value is -4.18. The van der Waals surface area contributed by atoms with E-state index in [-0.39, 0.29) is 5.56 Å². The first-order chi connectivity index (χ1) is 17.7. The Labute approximate surface area is 210 Å². The van der Waals surface area contributed by atoms with Gasteiger partial charge in [-0.25, -0.2) is 4.98 Å². The number of benzene rings is 1. The molecule has 4 aromatic rings. The zero-order chi connectivity index (χ0) is 25.1. The molecule has 5 rings (SSSR count). The second-order valence-corrected chi connectivity index (χ2v) is 9.14. The number of hydrogen-bond donors (Lipinski definition) is 0. The van der Waals surface area contributed by atoms with E-state index in [1.165, 1.54) is 0 Å². The van der Waals surface area contributed by atoms with E-state index in [9.17, 15) is 4.79 Å². The van der Waals surface area contributed by atoms with Crippen molar-refractivity contribution in [2.75, 3.05) is 18.0 Å². The molecule has 1 fully saturated rings. The molecule has 0 N–H and O–H groups in total. The highest BCUT2D eigenvalue weighted by Crippen LogP contribution is 2.34. The van der Waals surface area contributed by atoms with Gasteiger partial charge in [0.15, 0.2) is 0 Å². The van der Waals surface area contributed by atoms with E-state index in [2.05, 4.69) is 40.0 Å². The topological polar surface area (TPSA) is 68.3 Å². The van der Waals surface area contributed by atoms with E-state index in [1.807, 2.05) is 47.9 Å². The van der Waals surface area contributed by atoms with Crippen molar-refractivity contribution in [1.29, 1.82) is 0 Å². The van der Waals surface area contributed by atoms with Gasteiger partial charge in [0.2, 0.25) is 0 Å². The molecule has 0 saturated carbocycles. The van der Waals surface area contributed by atoms with Gasteiger partial charge in [-0.1, -0.05) is 30.2 Å². The van der Waals surface area contributed by atoms with Crippen LogP contribution in [0.4, 0.5) is 5.82 Å². The van der Waals surface area contributed by atoms with Gasteiger partial charge in [0.25, 0.3) is 5.56 Å². The number of aliphatic imine (C=N–C) groups is 1. The molecular formula is C29H30N6O. The summed E-state index contributed by atoms with van der Waals surface area (Å²) in [5.74, 6) is 7.54. The molecule has 1 aliphatic heterocycles. The maximum absolute atomic E-state index is 14.0. The van der Waals surface area contributed by atoms with Crippen molar-refractivity contribution in [2.24, 2.45) is 10.9 Å². The molecule has 7 nitrogen and oxygen atoms in total. The van der Waals surface area contributed by atoms with Gasteiger partial charge in [0.05, 0.1) is 31.5 Å². The third-order valence-electron chi connectivity index (χ3n) is 6.95. The lowest BCUT2D eigenvalue weighted by molar-refractivity contribution is 0.478. The summed E-state index contributed by atoms with van der Waals surface area (Å²) in [6.45, 7) is 12.5. The van der Waals surface area contributed by atoms with Crippen LogP contribution in [-0.2, 0) is 19.6 Å². The zero-order valence-corrected chi connectivity index (χ0v) is 20.7. The fraction of sp³-hybridized carbons (Fsp3) is 0.310. The van der Waals surface area contributed by atoms with Gasteiger partial charge in [-0.15, -0.1) is 12.5 Å². The number of piperidine rings is 1. The van der Waals surface area contributed by atoms with Gasteiger partial charge in [-0.05, 0) is 50.1 Å². The van der Waals surface area contributed by atoms with Crippen molar-refractivity contribution in [3.8, 4) is 11.8 Å². The lowest BCUT2D eigenvalue weighted by Crippen LogP contribution is -2.36. The number of aromatic nitrogens is 4. The Kier molecular flexibility index (Phi) is 6.68. The molecule has 7 heteroatoms. The second-order valence-electron chi connectivity index (χ2n) is 9.14. The summed E-state index contributed by atoms with van der Waals surface area (Å²) in [7, 11) is 0. The van der Waals surface area contributed by atoms with E-state index in [4.69, 9.17) is 4.98 Å². The minimum absolute atomic E-state index is 0.0901. The fourth-order valence-electron chi connectivity index (χ4n) is 5.23. The quantitative estimate of drug-likeness (QED) is 0.224. The molecule has 0 spiro atoms. The Balaban J connectivity index is 1.69. The van der Waals surface area contributed by atoms with Gasteiger partial charge in [0, 0.05) is 30.2 Å². The summed E-state index contributed by atoms with van der Waals surface area (Å²) in [5.41, 5.74) is 4.01. The molecule has 1 aliphatic rings. The average molecular weight is 479 g/mol. The highest BCUT2D eigenvalue weighted by atomic mass is 16.1. The SMILES string of the molecule is C=CC1CCCN(c2c(CN=C)c3ncn(Cc4ccnc5ccccc45)c(=O)c3n2CC#CC)C1. The maximum atomic E-state index is 14.0. The molecule has 3 aromatic heterocycles. The predicted octanol–water partition coefficient (Wildman–Crippen LogP) is 4.42. The first-order valence-electron chi connectivity index (χ1n) is 12.3. The van der Waals surface area contributed by atoms with Crippen LogP contribution in [0.25, 0.3) is 21.9 Å². The number of anilines is 1. The first-order valence-corrected chi connectivity index (χ1v) is 12.3. The van der Waals surface area contributed by atoms with Crippen LogP contribution in [0.2, 0.25) is 0 Å². The summed E-state index contributed by atoms with van der Waals surface area (Å²) in [5, 5.41) is 1.03. The summed E-state index contributed by atoms with van der Waals surface area (Å²) in [6, 6.07) is 9.93. The van der Waals surface area contributed by atoms with Gasteiger partial charge in [0.1, 0.15) is 16.9 Å². The fourth-order valence-corrected chi connectivity index (χ4v) is 5.23. The third-order valence-corrected chi connectivity index (χ3v) is 6.95. The van der Waals surface area contributed by atoms with Gasteiger partial charge in [-0.2, -0.15) is 0 Å². The van der Waals surface area contributed by atoms with E-state index >= 15 is 0 Å². The van der Waals surface area contributed by atoms with Gasteiger partial charge in [-0.3, -0.25) is 19.3 Å². The highest BCUT2D eigenvalue weighted by Gasteiger charge is 2.28. The Bertz CT molecular complexity index is 1560. The van der Waals surface area contributed by atoms with Crippen molar-refractivity contribution in [3.05, 3.63) is 77.0 Å². The van der Waals surface area contributed by atoms with Crippen LogP contribution in [0.3, 0.4) is 0 Å². The summed E-state index contributed by atoms with van der Waals surface area (Å²) in [6.07, 6.45) is 7.64. The minimum atomic E-state index is -0.0901. The smallest absolute Gasteiger partial charge is 0.278 e. The van der Waals surface area contributed by atoms with Gasteiger partial charge >= 0.3 is 0 Å². The van der Waals surface area contributed by atoms with E-state index in [0.29, 0.717) is 36.6 Å². The van der Waals surface area contributed by atoms with Crippen LogP contribution in [0, 0.1) is 17.8 Å². The Morgan fingerprint density at radius 3 is 2.92 bits per heavy atom. The molecule has 0 bridgehead atoms. The lowest BCUT2D eigenvalue weighted by Gasteiger charge is -2.34. The molecular weight excluding hydrogens is 448 g/mol. The standard InChI is InChI=1S/C29H30N6O/c1-4-6-16-35-27-26(24(17-30-3)28(35)33-15-9-10-21(5-2)18-33)32-20-34(29(27)36)19-22-13-14-31-25-12-8-7-11-23(22)25/h5,7-8,11-14,20-21H,2-3,9-10,15-19H2,1H3. The number of hydrogen-bond acceptors (Lipinski definition) is 5. The summed E-state index contributed by atoms with van der Waals surface area (Å²) < 4.78 is 3.71. The molecule has 36 heavy (non-hydrogen) atoms. The molecule has 182 valence electrons. The van der Waals surface area contributed by atoms with E-state index in [1.54, 1.807) is 17.1 Å². The van der Waals surface area contributed by atoms with Crippen LogP contribution in [0.15, 0.2) is 65.3 Å². The second kappa shape index (κ2) is 10.2.